The van der Waals surface area contributed by atoms with E-state index in [0.717, 1.165) is 12.8 Å². The highest BCUT2D eigenvalue weighted by molar-refractivity contribution is 5.97. The molecule has 112 valence electrons. The monoisotopic (exact) mass is 278 g/mol. The van der Waals surface area contributed by atoms with Crippen molar-refractivity contribution in [3.8, 4) is 5.75 Å². The number of unbranched alkanes of at least 4 members (excludes halogenated alkanes) is 6. The predicted molar refractivity (Wildman–Crippen MR) is 82.9 cm³/mol. The molecule has 0 aliphatic heterocycles. The van der Waals surface area contributed by atoms with Crippen molar-refractivity contribution in [1.29, 1.82) is 0 Å². The van der Waals surface area contributed by atoms with Gasteiger partial charge in [-0.1, -0.05) is 51.5 Å². The largest absolute Gasteiger partial charge is 0.491 e. The van der Waals surface area contributed by atoms with Crippen molar-refractivity contribution in [1.82, 2.24) is 0 Å². The van der Waals surface area contributed by atoms with Crippen LogP contribution in [0.5, 0.6) is 5.75 Å². The van der Waals surface area contributed by atoms with Gasteiger partial charge in [-0.05, 0) is 18.6 Å². The van der Waals surface area contributed by atoms with Crippen LogP contribution < -0.4 is 16.2 Å². The lowest BCUT2D eigenvalue weighted by Crippen LogP contribution is -2.14. The molecule has 4 heteroatoms. The summed E-state index contributed by atoms with van der Waals surface area (Å²) >= 11 is 0. The van der Waals surface area contributed by atoms with Crippen molar-refractivity contribution in [2.75, 3.05) is 12.3 Å². The van der Waals surface area contributed by atoms with E-state index in [2.05, 4.69) is 6.92 Å². The Morgan fingerprint density at radius 2 is 1.75 bits per heavy atom. The summed E-state index contributed by atoms with van der Waals surface area (Å²) in [5, 5.41) is 0. The van der Waals surface area contributed by atoms with Gasteiger partial charge >= 0.3 is 0 Å². The van der Waals surface area contributed by atoms with Gasteiger partial charge in [-0.3, -0.25) is 4.79 Å². The number of hydrogen-bond acceptors (Lipinski definition) is 3. The normalized spacial score (nSPS) is 10.4. The molecule has 0 aliphatic carbocycles. The molecule has 0 radical (unpaired) electrons. The van der Waals surface area contributed by atoms with E-state index < -0.39 is 5.91 Å². The number of para-hydroxylation sites is 1. The second-order valence-corrected chi connectivity index (χ2v) is 5.06. The first-order valence-electron chi connectivity index (χ1n) is 7.48. The average Bonchev–Trinajstić information content (AvgIpc) is 2.43. The van der Waals surface area contributed by atoms with Gasteiger partial charge in [-0.15, -0.1) is 0 Å². The highest BCUT2D eigenvalue weighted by Gasteiger charge is 2.11. The number of amides is 1. The summed E-state index contributed by atoms with van der Waals surface area (Å²) in [6.45, 7) is 2.79. The lowest BCUT2D eigenvalue weighted by atomic mass is 10.1. The van der Waals surface area contributed by atoms with Crippen LogP contribution in [0.25, 0.3) is 0 Å². The maximum absolute atomic E-state index is 11.3. The van der Waals surface area contributed by atoms with Crippen molar-refractivity contribution in [2.45, 2.75) is 51.9 Å². The highest BCUT2D eigenvalue weighted by Crippen LogP contribution is 2.26. The van der Waals surface area contributed by atoms with Crippen LogP contribution >= 0.6 is 0 Å². The molecule has 1 aromatic rings. The first kappa shape index (κ1) is 16.3. The van der Waals surface area contributed by atoms with Gasteiger partial charge in [0.15, 0.2) is 5.75 Å². The maximum atomic E-state index is 11.3. The third-order valence-corrected chi connectivity index (χ3v) is 3.31. The van der Waals surface area contributed by atoms with E-state index in [1.807, 2.05) is 0 Å². The SMILES string of the molecule is CCCCCCCCCOc1c(N)cccc1C(N)=O. The van der Waals surface area contributed by atoms with Crippen LogP contribution in [-0.2, 0) is 0 Å². The number of rotatable bonds is 10. The molecule has 1 amide bonds. The summed E-state index contributed by atoms with van der Waals surface area (Å²) in [5.41, 5.74) is 11.9. The Bertz CT molecular complexity index is 419. The van der Waals surface area contributed by atoms with E-state index >= 15 is 0 Å². The van der Waals surface area contributed by atoms with Gasteiger partial charge in [0.2, 0.25) is 0 Å². The van der Waals surface area contributed by atoms with Gasteiger partial charge in [0.05, 0.1) is 17.9 Å². The van der Waals surface area contributed by atoms with Crippen LogP contribution in [0.2, 0.25) is 0 Å². The van der Waals surface area contributed by atoms with Crippen molar-refractivity contribution >= 4 is 11.6 Å². The number of carbonyl (C=O) groups excluding carboxylic acids is 1. The number of primary amides is 1. The third kappa shape index (κ3) is 5.51. The fourth-order valence-electron chi connectivity index (χ4n) is 2.14. The third-order valence-electron chi connectivity index (χ3n) is 3.31. The molecule has 0 unspecified atom stereocenters. The quantitative estimate of drug-likeness (QED) is 0.508. The number of carbonyl (C=O) groups is 1. The average molecular weight is 278 g/mol. The summed E-state index contributed by atoms with van der Waals surface area (Å²) in [4.78, 5) is 11.3. The minimum Gasteiger partial charge on any atom is -0.491 e. The number of anilines is 1. The zero-order valence-electron chi connectivity index (χ0n) is 12.4. The lowest BCUT2D eigenvalue weighted by molar-refractivity contribution is 0.0996. The standard InChI is InChI=1S/C16H26N2O2/c1-2-3-4-5-6-7-8-12-20-15-13(16(18)19)10-9-11-14(15)17/h9-11H,2-8,12,17H2,1H3,(H2,18,19). The number of benzene rings is 1. The summed E-state index contributed by atoms with van der Waals surface area (Å²) in [7, 11) is 0. The smallest absolute Gasteiger partial charge is 0.252 e. The Balaban J connectivity index is 2.30. The van der Waals surface area contributed by atoms with Crippen LogP contribution in [0.1, 0.15) is 62.2 Å². The molecule has 4 nitrogen and oxygen atoms in total. The van der Waals surface area contributed by atoms with Crippen molar-refractivity contribution in [3.05, 3.63) is 23.8 Å². The van der Waals surface area contributed by atoms with E-state index in [4.69, 9.17) is 16.2 Å². The van der Waals surface area contributed by atoms with Crippen molar-refractivity contribution < 1.29 is 9.53 Å². The molecular formula is C16H26N2O2. The summed E-state index contributed by atoms with van der Waals surface area (Å²) in [6.07, 6.45) is 8.53. The van der Waals surface area contributed by atoms with Gasteiger partial charge in [-0.2, -0.15) is 0 Å². The van der Waals surface area contributed by atoms with Crippen LogP contribution in [0, 0.1) is 0 Å². The molecule has 0 atom stereocenters. The van der Waals surface area contributed by atoms with E-state index in [0.29, 0.717) is 23.6 Å². The van der Waals surface area contributed by atoms with Crippen molar-refractivity contribution in [2.24, 2.45) is 5.73 Å². The molecular weight excluding hydrogens is 252 g/mol. The Morgan fingerprint density at radius 1 is 1.10 bits per heavy atom. The van der Waals surface area contributed by atoms with Gasteiger partial charge in [0.25, 0.3) is 5.91 Å². The molecule has 4 N–H and O–H groups in total. The Labute approximate surface area is 121 Å². The molecule has 0 saturated heterocycles. The first-order chi connectivity index (χ1) is 9.66. The molecule has 0 fully saturated rings. The zero-order valence-corrected chi connectivity index (χ0v) is 12.4. The maximum Gasteiger partial charge on any atom is 0.252 e. The summed E-state index contributed by atoms with van der Waals surface area (Å²) < 4.78 is 5.63. The van der Waals surface area contributed by atoms with E-state index in [-0.39, 0.29) is 0 Å². The minimum atomic E-state index is -0.508. The topological polar surface area (TPSA) is 78.3 Å². The van der Waals surface area contributed by atoms with Crippen LogP contribution in [0.3, 0.4) is 0 Å². The number of hydrogen-bond donors (Lipinski definition) is 2. The fraction of sp³-hybridized carbons (Fsp3) is 0.562. The van der Waals surface area contributed by atoms with Crippen LogP contribution in [0.15, 0.2) is 18.2 Å². The molecule has 0 bridgehead atoms. The predicted octanol–water partition coefficient (Wildman–Crippen LogP) is 3.50. The molecule has 0 saturated carbocycles. The van der Waals surface area contributed by atoms with Gasteiger partial charge in [0, 0.05) is 0 Å². The summed E-state index contributed by atoms with van der Waals surface area (Å²) in [6, 6.07) is 5.06. The minimum absolute atomic E-state index is 0.355. The number of nitrogen functional groups attached to an aromatic ring is 1. The van der Waals surface area contributed by atoms with Crippen LogP contribution in [0.4, 0.5) is 5.69 Å². The van der Waals surface area contributed by atoms with Gasteiger partial charge < -0.3 is 16.2 Å². The Morgan fingerprint density at radius 3 is 2.40 bits per heavy atom. The lowest BCUT2D eigenvalue weighted by Gasteiger charge is -2.11. The second kappa shape index (κ2) is 9.23. The van der Waals surface area contributed by atoms with E-state index in [1.54, 1.807) is 18.2 Å². The number of ether oxygens (including phenoxy) is 1. The van der Waals surface area contributed by atoms with Gasteiger partial charge in [0.1, 0.15) is 0 Å². The Hall–Kier alpha value is -1.71. The van der Waals surface area contributed by atoms with E-state index in [1.165, 1.54) is 32.1 Å². The molecule has 1 rings (SSSR count). The second-order valence-electron chi connectivity index (χ2n) is 5.06. The fourth-order valence-corrected chi connectivity index (χ4v) is 2.14. The highest BCUT2D eigenvalue weighted by atomic mass is 16.5. The molecule has 1 aromatic carbocycles. The first-order valence-corrected chi connectivity index (χ1v) is 7.48. The van der Waals surface area contributed by atoms with Gasteiger partial charge in [-0.25, -0.2) is 0 Å². The molecule has 0 aliphatic rings. The van der Waals surface area contributed by atoms with E-state index in [9.17, 15) is 4.79 Å². The number of nitrogens with two attached hydrogens (primary N) is 2. The molecule has 0 aromatic heterocycles. The zero-order chi connectivity index (χ0) is 14.8. The Kier molecular flexibility index (Phi) is 7.55. The van der Waals surface area contributed by atoms with Crippen LogP contribution in [-0.4, -0.2) is 12.5 Å². The molecule has 20 heavy (non-hydrogen) atoms. The summed E-state index contributed by atoms with van der Waals surface area (Å²) in [5.74, 6) is -0.0853. The molecule has 0 heterocycles. The van der Waals surface area contributed by atoms with Crippen molar-refractivity contribution in [3.63, 3.8) is 0 Å². The molecule has 0 spiro atoms.